The van der Waals surface area contributed by atoms with E-state index in [9.17, 15) is 4.79 Å². The van der Waals surface area contributed by atoms with Gasteiger partial charge in [0, 0.05) is 16.3 Å². The molecule has 0 aromatic heterocycles. The van der Waals surface area contributed by atoms with Gasteiger partial charge in [-0.15, -0.1) is 0 Å². The summed E-state index contributed by atoms with van der Waals surface area (Å²) in [7, 11) is 0. The molecule has 1 saturated heterocycles. The Kier molecular flexibility index (Phi) is 4.90. The van der Waals surface area contributed by atoms with Crippen LogP contribution in [0.2, 0.25) is 0 Å². The number of halogens is 1. The Hall–Kier alpha value is -1.20. The number of carbonyl (C=O) groups is 1. The van der Waals surface area contributed by atoms with Crippen LogP contribution in [-0.2, 0) is 0 Å². The molecule has 2 rings (SSSR count). The number of nitrogens with zero attached hydrogens (tertiary/aromatic N) is 1. The Bertz CT molecular complexity index is 424. The maximum absolute atomic E-state index is 11.7. The Morgan fingerprint density at radius 2 is 2.00 bits per heavy atom. The fraction of sp³-hybridized carbons (Fsp3) is 0.385. The highest BCUT2D eigenvalue weighted by Crippen LogP contribution is 2.10. The van der Waals surface area contributed by atoms with Crippen LogP contribution in [0.5, 0.6) is 0 Å². The minimum absolute atomic E-state index is 0.173. The summed E-state index contributed by atoms with van der Waals surface area (Å²) in [5.74, 6) is 0.296. The van der Waals surface area contributed by atoms with Crippen LogP contribution in [0.4, 0.5) is 0 Å². The standard InChI is InChI=1S/C13H16BrN3O/c14-12-3-1-11(2-4-12)13(18)17-16-9-10-5-7-15-8-6-10/h1-4,9-10,15H,5-8H2,(H,17,18). The fourth-order valence-electron chi connectivity index (χ4n) is 1.86. The number of amides is 1. The molecule has 1 aliphatic heterocycles. The zero-order valence-corrected chi connectivity index (χ0v) is 11.6. The van der Waals surface area contributed by atoms with E-state index in [1.54, 1.807) is 12.1 Å². The molecule has 0 aliphatic carbocycles. The summed E-state index contributed by atoms with van der Waals surface area (Å²) in [4.78, 5) is 11.7. The summed E-state index contributed by atoms with van der Waals surface area (Å²) in [5.41, 5.74) is 3.17. The van der Waals surface area contributed by atoms with Crippen LogP contribution in [-0.4, -0.2) is 25.2 Å². The van der Waals surface area contributed by atoms with Gasteiger partial charge < -0.3 is 5.32 Å². The Morgan fingerprint density at radius 3 is 2.67 bits per heavy atom. The molecule has 1 aromatic carbocycles. The van der Waals surface area contributed by atoms with Crippen LogP contribution in [0, 0.1) is 5.92 Å². The third-order valence-electron chi connectivity index (χ3n) is 2.94. The van der Waals surface area contributed by atoms with Gasteiger partial charge in [-0.2, -0.15) is 5.10 Å². The first kappa shape index (κ1) is 13.2. The lowest BCUT2D eigenvalue weighted by Crippen LogP contribution is -2.29. The molecule has 0 unspecified atom stereocenters. The van der Waals surface area contributed by atoms with Crippen molar-refractivity contribution in [3.05, 3.63) is 34.3 Å². The topological polar surface area (TPSA) is 53.5 Å². The Balaban J connectivity index is 1.83. The van der Waals surface area contributed by atoms with E-state index in [4.69, 9.17) is 0 Å². The van der Waals surface area contributed by atoms with Crippen molar-refractivity contribution in [3.8, 4) is 0 Å². The van der Waals surface area contributed by atoms with E-state index in [2.05, 4.69) is 31.8 Å². The number of rotatable bonds is 3. The average molecular weight is 310 g/mol. The van der Waals surface area contributed by atoms with Crippen molar-refractivity contribution < 1.29 is 4.79 Å². The third kappa shape index (κ3) is 3.92. The monoisotopic (exact) mass is 309 g/mol. The van der Waals surface area contributed by atoms with E-state index in [0.29, 0.717) is 11.5 Å². The van der Waals surface area contributed by atoms with Crippen LogP contribution < -0.4 is 10.7 Å². The Labute approximate surface area is 115 Å². The predicted octanol–water partition coefficient (Wildman–Crippen LogP) is 2.16. The smallest absolute Gasteiger partial charge is 0.271 e. The molecule has 0 bridgehead atoms. The number of benzene rings is 1. The fourth-order valence-corrected chi connectivity index (χ4v) is 2.12. The van der Waals surface area contributed by atoms with Gasteiger partial charge in [0.1, 0.15) is 0 Å². The maximum Gasteiger partial charge on any atom is 0.271 e. The van der Waals surface area contributed by atoms with E-state index in [0.717, 1.165) is 30.4 Å². The van der Waals surface area contributed by atoms with Crippen LogP contribution in [0.3, 0.4) is 0 Å². The molecular formula is C13H16BrN3O. The highest BCUT2D eigenvalue weighted by molar-refractivity contribution is 9.10. The number of hydrazone groups is 1. The molecule has 0 spiro atoms. The molecular weight excluding hydrogens is 294 g/mol. The molecule has 0 radical (unpaired) electrons. The van der Waals surface area contributed by atoms with Crippen molar-refractivity contribution in [1.82, 2.24) is 10.7 Å². The van der Waals surface area contributed by atoms with Gasteiger partial charge in [0.05, 0.1) is 0 Å². The molecule has 18 heavy (non-hydrogen) atoms. The van der Waals surface area contributed by atoms with Gasteiger partial charge in [-0.05, 0) is 56.1 Å². The molecule has 1 heterocycles. The van der Waals surface area contributed by atoms with Crippen LogP contribution in [0.1, 0.15) is 23.2 Å². The highest BCUT2D eigenvalue weighted by Gasteiger charge is 2.10. The second kappa shape index (κ2) is 6.66. The number of hydrogen-bond acceptors (Lipinski definition) is 3. The second-order valence-corrected chi connectivity index (χ2v) is 5.23. The lowest BCUT2D eigenvalue weighted by molar-refractivity contribution is 0.0955. The van der Waals surface area contributed by atoms with Gasteiger partial charge in [0.15, 0.2) is 0 Å². The van der Waals surface area contributed by atoms with Crippen LogP contribution in [0.25, 0.3) is 0 Å². The molecule has 4 nitrogen and oxygen atoms in total. The summed E-state index contributed by atoms with van der Waals surface area (Å²) < 4.78 is 0.956. The molecule has 96 valence electrons. The van der Waals surface area contributed by atoms with E-state index in [1.807, 2.05) is 18.3 Å². The van der Waals surface area contributed by atoms with Crippen molar-refractivity contribution in [1.29, 1.82) is 0 Å². The maximum atomic E-state index is 11.7. The summed E-state index contributed by atoms with van der Waals surface area (Å²) in [6.45, 7) is 2.05. The van der Waals surface area contributed by atoms with Crippen LogP contribution >= 0.6 is 15.9 Å². The minimum atomic E-state index is -0.173. The number of piperidine rings is 1. The number of hydrogen-bond donors (Lipinski definition) is 2. The van der Waals surface area contributed by atoms with Crippen molar-refractivity contribution >= 4 is 28.1 Å². The molecule has 1 amide bonds. The van der Waals surface area contributed by atoms with E-state index < -0.39 is 0 Å². The summed E-state index contributed by atoms with van der Waals surface area (Å²) >= 11 is 3.33. The lowest BCUT2D eigenvalue weighted by atomic mass is 10.00. The number of nitrogens with one attached hydrogen (secondary N) is 2. The van der Waals surface area contributed by atoms with Crippen LogP contribution in [0.15, 0.2) is 33.8 Å². The van der Waals surface area contributed by atoms with Gasteiger partial charge >= 0.3 is 0 Å². The SMILES string of the molecule is O=C(NN=CC1CCNCC1)c1ccc(Br)cc1. The molecule has 5 heteroatoms. The lowest BCUT2D eigenvalue weighted by Gasteiger charge is -2.18. The molecule has 1 aromatic rings. The van der Waals surface area contributed by atoms with Crippen molar-refractivity contribution in [2.24, 2.45) is 11.0 Å². The van der Waals surface area contributed by atoms with Gasteiger partial charge in [-0.1, -0.05) is 15.9 Å². The average Bonchev–Trinajstić information content (AvgIpc) is 2.40. The first-order chi connectivity index (χ1) is 8.75. The second-order valence-electron chi connectivity index (χ2n) is 4.31. The van der Waals surface area contributed by atoms with Crippen molar-refractivity contribution in [2.75, 3.05) is 13.1 Å². The highest BCUT2D eigenvalue weighted by atomic mass is 79.9. The molecule has 1 fully saturated rings. The first-order valence-corrected chi connectivity index (χ1v) is 6.85. The number of carbonyl (C=O) groups excluding carboxylic acids is 1. The minimum Gasteiger partial charge on any atom is -0.317 e. The molecule has 0 saturated carbocycles. The zero-order chi connectivity index (χ0) is 12.8. The van der Waals surface area contributed by atoms with E-state index >= 15 is 0 Å². The molecule has 0 atom stereocenters. The Morgan fingerprint density at radius 1 is 1.33 bits per heavy atom. The quantitative estimate of drug-likeness (QED) is 0.664. The van der Waals surface area contributed by atoms with E-state index in [1.165, 1.54) is 0 Å². The van der Waals surface area contributed by atoms with Gasteiger partial charge in [-0.25, -0.2) is 5.43 Å². The molecule has 1 aliphatic rings. The van der Waals surface area contributed by atoms with Crippen molar-refractivity contribution in [3.63, 3.8) is 0 Å². The van der Waals surface area contributed by atoms with Crippen molar-refractivity contribution in [2.45, 2.75) is 12.8 Å². The summed E-state index contributed by atoms with van der Waals surface area (Å²) in [5, 5.41) is 7.32. The van der Waals surface area contributed by atoms with Gasteiger partial charge in [-0.3, -0.25) is 4.79 Å². The summed E-state index contributed by atoms with van der Waals surface area (Å²) in [6.07, 6.45) is 4.01. The zero-order valence-electron chi connectivity index (χ0n) is 10.0. The third-order valence-corrected chi connectivity index (χ3v) is 3.47. The normalized spacial score (nSPS) is 16.9. The predicted molar refractivity (Wildman–Crippen MR) is 75.7 cm³/mol. The first-order valence-electron chi connectivity index (χ1n) is 6.05. The van der Waals surface area contributed by atoms with E-state index in [-0.39, 0.29) is 5.91 Å². The molecule has 2 N–H and O–H groups in total. The van der Waals surface area contributed by atoms with Gasteiger partial charge in [0.25, 0.3) is 5.91 Å². The largest absolute Gasteiger partial charge is 0.317 e. The van der Waals surface area contributed by atoms with Gasteiger partial charge in [0.2, 0.25) is 0 Å². The summed E-state index contributed by atoms with van der Waals surface area (Å²) in [6, 6.07) is 7.20.